The molecule has 4 nitrogen and oxygen atoms in total. The molecule has 0 bridgehead atoms. The molecule has 0 fully saturated rings. The van der Waals surface area contributed by atoms with E-state index in [-0.39, 0.29) is 12.2 Å². The predicted octanol–water partition coefficient (Wildman–Crippen LogP) is 5.00. The molecule has 130 valence electrons. The van der Waals surface area contributed by atoms with Gasteiger partial charge < -0.3 is 9.47 Å². The lowest BCUT2D eigenvalue weighted by Crippen LogP contribution is -2.33. The second-order valence-corrected chi connectivity index (χ2v) is 7.47. The van der Waals surface area contributed by atoms with Crippen molar-refractivity contribution in [3.8, 4) is 11.9 Å². The van der Waals surface area contributed by atoms with Crippen LogP contribution in [0.15, 0.2) is 18.2 Å². The molecule has 0 unspecified atom stereocenters. The maximum absolute atomic E-state index is 9.68. The number of aromatic nitrogens is 1. The van der Waals surface area contributed by atoms with Gasteiger partial charge in [0.05, 0.1) is 12.2 Å². The zero-order valence-electron chi connectivity index (χ0n) is 14.3. The Morgan fingerprint density at radius 2 is 1.96 bits per heavy atom. The number of nitriles is 1. The van der Waals surface area contributed by atoms with Crippen molar-refractivity contribution in [3.63, 3.8) is 0 Å². The molecule has 1 aliphatic rings. The lowest BCUT2D eigenvalue weighted by Gasteiger charge is -2.33. The number of benzene rings is 1. The Labute approximate surface area is 157 Å². The van der Waals surface area contributed by atoms with Crippen LogP contribution in [0.25, 0.3) is 0 Å². The molecular weight excluding hydrogens is 359 g/mol. The molecule has 6 heteroatoms. The van der Waals surface area contributed by atoms with Crippen LogP contribution >= 0.6 is 23.2 Å². The van der Waals surface area contributed by atoms with Gasteiger partial charge in [-0.3, -0.25) is 0 Å². The van der Waals surface area contributed by atoms with Crippen LogP contribution in [0.5, 0.6) is 5.88 Å². The molecular formula is C19H18Cl2N2O2. The molecule has 2 aromatic rings. The molecule has 1 aromatic heterocycles. The first kappa shape index (κ1) is 18.0. The van der Waals surface area contributed by atoms with Crippen molar-refractivity contribution in [2.75, 3.05) is 0 Å². The van der Waals surface area contributed by atoms with Gasteiger partial charge in [-0.25, -0.2) is 4.98 Å². The van der Waals surface area contributed by atoms with E-state index in [0.717, 1.165) is 16.8 Å². The Morgan fingerprint density at radius 1 is 1.28 bits per heavy atom. The van der Waals surface area contributed by atoms with Crippen molar-refractivity contribution < 1.29 is 9.47 Å². The normalized spacial score (nSPS) is 15.4. The summed E-state index contributed by atoms with van der Waals surface area (Å²) in [5.41, 5.74) is 3.54. The maximum Gasteiger partial charge on any atom is 0.232 e. The van der Waals surface area contributed by atoms with Gasteiger partial charge in [-0.15, -0.1) is 0 Å². The summed E-state index contributed by atoms with van der Waals surface area (Å²) in [6, 6.07) is 7.53. The molecule has 0 aliphatic carbocycles. The highest BCUT2D eigenvalue weighted by Gasteiger charge is 2.31. The fourth-order valence-corrected chi connectivity index (χ4v) is 3.44. The molecule has 0 saturated heterocycles. The highest BCUT2D eigenvalue weighted by atomic mass is 35.5. The van der Waals surface area contributed by atoms with E-state index in [0.29, 0.717) is 40.1 Å². The van der Waals surface area contributed by atoms with E-state index in [9.17, 15) is 5.26 Å². The van der Waals surface area contributed by atoms with E-state index in [1.54, 1.807) is 18.2 Å². The average molecular weight is 377 g/mol. The summed E-state index contributed by atoms with van der Waals surface area (Å²) in [6.45, 7) is 6.52. The van der Waals surface area contributed by atoms with Gasteiger partial charge in [-0.1, -0.05) is 29.3 Å². The van der Waals surface area contributed by atoms with E-state index >= 15 is 0 Å². The van der Waals surface area contributed by atoms with Gasteiger partial charge in [0.15, 0.2) is 0 Å². The number of hydrogen-bond donors (Lipinski definition) is 0. The number of nitrogens with zero attached hydrogens (tertiary/aromatic N) is 2. The van der Waals surface area contributed by atoms with Crippen molar-refractivity contribution in [1.82, 2.24) is 4.98 Å². The summed E-state index contributed by atoms with van der Waals surface area (Å²) in [4.78, 5) is 4.47. The molecule has 1 aromatic carbocycles. The summed E-state index contributed by atoms with van der Waals surface area (Å²) in [7, 11) is 0. The van der Waals surface area contributed by atoms with Crippen LogP contribution in [0.2, 0.25) is 10.0 Å². The Hall–Kier alpha value is -1.80. The number of hydrogen-bond acceptors (Lipinski definition) is 4. The van der Waals surface area contributed by atoms with Crippen LogP contribution < -0.4 is 4.74 Å². The van der Waals surface area contributed by atoms with Crippen LogP contribution in [0.4, 0.5) is 0 Å². The van der Waals surface area contributed by atoms with Gasteiger partial charge in [0.1, 0.15) is 18.2 Å². The molecule has 0 amide bonds. The second kappa shape index (κ2) is 6.84. The first-order valence-corrected chi connectivity index (χ1v) is 8.70. The van der Waals surface area contributed by atoms with Crippen LogP contribution in [0.1, 0.15) is 41.8 Å². The summed E-state index contributed by atoms with van der Waals surface area (Å²) in [5, 5.41) is 10.7. The predicted molar refractivity (Wildman–Crippen MR) is 97.1 cm³/mol. The van der Waals surface area contributed by atoms with Crippen molar-refractivity contribution in [2.45, 2.75) is 46.0 Å². The summed E-state index contributed by atoms with van der Waals surface area (Å²) in [6.07, 6.45) is 0.637. The Bertz CT molecular complexity index is 852. The maximum atomic E-state index is 9.68. The number of rotatable bonds is 3. The standard InChI is InChI=1S/C19H18Cl2N2O2/c1-11-14-10-25-19(2,3)7-12(14)13(8-22)18(23-11)24-9-15-16(20)5-4-6-17(15)21/h4-6H,7,9-10H2,1-3H3. The molecule has 0 radical (unpaired) electrons. The van der Waals surface area contributed by atoms with Crippen molar-refractivity contribution in [1.29, 1.82) is 5.26 Å². The number of aryl methyl sites for hydroxylation is 1. The summed E-state index contributed by atoms with van der Waals surface area (Å²) in [5.74, 6) is 0.312. The van der Waals surface area contributed by atoms with Gasteiger partial charge in [-0.2, -0.15) is 5.26 Å². The monoisotopic (exact) mass is 376 g/mol. The highest BCUT2D eigenvalue weighted by molar-refractivity contribution is 6.35. The van der Waals surface area contributed by atoms with E-state index in [2.05, 4.69) is 11.1 Å². The smallest absolute Gasteiger partial charge is 0.232 e. The lowest BCUT2D eigenvalue weighted by molar-refractivity contribution is -0.0407. The number of ether oxygens (including phenoxy) is 2. The molecule has 3 rings (SSSR count). The first-order chi connectivity index (χ1) is 11.8. The quantitative estimate of drug-likeness (QED) is 0.756. The van der Waals surface area contributed by atoms with Crippen molar-refractivity contribution >= 4 is 23.2 Å². The Kier molecular flexibility index (Phi) is 4.92. The fourth-order valence-electron chi connectivity index (χ4n) is 2.94. The Balaban J connectivity index is 1.98. The zero-order valence-corrected chi connectivity index (χ0v) is 15.8. The third kappa shape index (κ3) is 3.59. The second-order valence-electron chi connectivity index (χ2n) is 6.66. The SMILES string of the molecule is Cc1nc(OCc2c(Cl)cccc2Cl)c(C#N)c2c1COC(C)(C)C2. The van der Waals surface area contributed by atoms with Gasteiger partial charge in [-0.05, 0) is 38.5 Å². The number of halogens is 2. The molecule has 1 aliphatic heterocycles. The van der Waals surface area contributed by atoms with E-state index in [1.807, 2.05) is 20.8 Å². The third-order valence-electron chi connectivity index (χ3n) is 4.32. The van der Waals surface area contributed by atoms with Crippen molar-refractivity contribution in [2.24, 2.45) is 0 Å². The van der Waals surface area contributed by atoms with Gasteiger partial charge >= 0.3 is 0 Å². The molecule has 0 atom stereocenters. The zero-order chi connectivity index (χ0) is 18.2. The van der Waals surface area contributed by atoms with Crippen LogP contribution in [0, 0.1) is 18.3 Å². The molecule has 0 spiro atoms. The Morgan fingerprint density at radius 3 is 2.60 bits per heavy atom. The number of pyridine rings is 1. The highest BCUT2D eigenvalue weighted by Crippen LogP contribution is 2.35. The third-order valence-corrected chi connectivity index (χ3v) is 5.03. The van der Waals surface area contributed by atoms with Gasteiger partial charge in [0.25, 0.3) is 0 Å². The van der Waals surface area contributed by atoms with E-state index in [1.165, 1.54) is 0 Å². The number of fused-ring (bicyclic) bond motifs is 1. The van der Waals surface area contributed by atoms with Crippen LogP contribution in [0.3, 0.4) is 0 Å². The van der Waals surface area contributed by atoms with Crippen LogP contribution in [-0.4, -0.2) is 10.6 Å². The largest absolute Gasteiger partial charge is 0.472 e. The van der Waals surface area contributed by atoms with Gasteiger partial charge in [0, 0.05) is 33.3 Å². The first-order valence-electron chi connectivity index (χ1n) is 7.94. The van der Waals surface area contributed by atoms with E-state index < -0.39 is 0 Å². The molecule has 25 heavy (non-hydrogen) atoms. The lowest BCUT2D eigenvalue weighted by atomic mass is 9.88. The minimum absolute atomic E-state index is 0.151. The molecule has 2 heterocycles. The van der Waals surface area contributed by atoms with Gasteiger partial charge in [0.2, 0.25) is 5.88 Å². The van der Waals surface area contributed by atoms with Crippen LogP contribution in [-0.2, 0) is 24.4 Å². The van der Waals surface area contributed by atoms with Crippen molar-refractivity contribution in [3.05, 3.63) is 56.2 Å². The average Bonchev–Trinajstić information content (AvgIpc) is 2.53. The summed E-state index contributed by atoms with van der Waals surface area (Å²) < 4.78 is 11.7. The van der Waals surface area contributed by atoms with E-state index in [4.69, 9.17) is 32.7 Å². The minimum atomic E-state index is -0.324. The topological polar surface area (TPSA) is 55.1 Å². The minimum Gasteiger partial charge on any atom is -0.472 e. The molecule has 0 saturated carbocycles. The fraction of sp³-hybridized carbons (Fsp3) is 0.368. The summed E-state index contributed by atoms with van der Waals surface area (Å²) >= 11 is 12.4. The molecule has 0 N–H and O–H groups in total.